The van der Waals surface area contributed by atoms with Crippen LogP contribution in [0.2, 0.25) is 0 Å². The highest BCUT2D eigenvalue weighted by atomic mass is 16.4. The highest BCUT2D eigenvalue weighted by Crippen LogP contribution is 2.26. The molecule has 2 aromatic heterocycles. The molecule has 0 saturated carbocycles. The molecule has 3 aromatic rings. The number of hydrogen-bond donors (Lipinski definition) is 2. The van der Waals surface area contributed by atoms with E-state index in [2.05, 4.69) is 23.3 Å². The van der Waals surface area contributed by atoms with Crippen molar-refractivity contribution in [2.75, 3.05) is 11.9 Å². The second kappa shape index (κ2) is 10.6. The van der Waals surface area contributed by atoms with Crippen LogP contribution in [0.5, 0.6) is 0 Å². The number of carboxylic acid groups (broad SMARTS) is 1. The van der Waals surface area contributed by atoms with Gasteiger partial charge >= 0.3 is 5.97 Å². The minimum Gasteiger partial charge on any atom is -0.481 e. The fourth-order valence-corrected chi connectivity index (χ4v) is 4.55. The third-order valence-corrected chi connectivity index (χ3v) is 6.46. The first-order valence-electron chi connectivity index (χ1n) is 11.8. The van der Waals surface area contributed by atoms with Crippen molar-refractivity contribution in [1.29, 1.82) is 0 Å². The Morgan fingerprint density at radius 2 is 2.00 bits per heavy atom. The summed E-state index contributed by atoms with van der Waals surface area (Å²) in [6.45, 7) is 3.08. The number of ketones is 1. The lowest BCUT2D eigenvalue weighted by atomic mass is 9.92. The molecular weight excluding hydrogens is 414 g/mol. The van der Waals surface area contributed by atoms with Gasteiger partial charge in [-0.3, -0.25) is 14.6 Å². The van der Waals surface area contributed by atoms with Crippen LogP contribution in [0.15, 0.2) is 42.6 Å². The van der Waals surface area contributed by atoms with Crippen molar-refractivity contribution in [2.45, 2.75) is 64.2 Å². The molecule has 1 atom stereocenters. The first-order chi connectivity index (χ1) is 16.0. The number of anilines is 1. The number of unbranched alkanes of at least 4 members (excludes halogenated alkanes) is 1. The predicted molar refractivity (Wildman–Crippen MR) is 130 cm³/mol. The summed E-state index contributed by atoms with van der Waals surface area (Å²) in [7, 11) is 0. The summed E-state index contributed by atoms with van der Waals surface area (Å²) in [4.78, 5) is 33.5. The van der Waals surface area contributed by atoms with Crippen LogP contribution in [0.25, 0.3) is 10.9 Å². The summed E-state index contributed by atoms with van der Waals surface area (Å²) in [6, 6.07) is 11.7. The van der Waals surface area contributed by atoms with Crippen molar-refractivity contribution in [2.24, 2.45) is 0 Å². The molecule has 0 amide bonds. The molecule has 172 valence electrons. The number of nitrogens with one attached hydrogen (secondary N) is 1. The normalized spacial score (nSPS) is 13.8. The van der Waals surface area contributed by atoms with Crippen LogP contribution in [0.4, 0.5) is 5.82 Å². The fraction of sp³-hybridized carbons (Fsp3) is 0.407. The number of rotatable bonds is 10. The zero-order valence-corrected chi connectivity index (χ0v) is 19.1. The molecule has 6 nitrogen and oxygen atoms in total. The van der Waals surface area contributed by atoms with Crippen molar-refractivity contribution in [3.63, 3.8) is 0 Å². The van der Waals surface area contributed by atoms with Crippen molar-refractivity contribution in [3.05, 3.63) is 65.0 Å². The van der Waals surface area contributed by atoms with Crippen LogP contribution in [-0.2, 0) is 22.4 Å². The van der Waals surface area contributed by atoms with Crippen LogP contribution < -0.4 is 5.32 Å². The molecule has 0 fully saturated rings. The molecule has 0 spiro atoms. The van der Waals surface area contributed by atoms with Gasteiger partial charge in [-0.05, 0) is 74.3 Å². The Bertz CT molecular complexity index is 1160. The van der Waals surface area contributed by atoms with Crippen LogP contribution in [0.3, 0.4) is 0 Å². The highest BCUT2D eigenvalue weighted by molar-refractivity contribution is 5.83. The monoisotopic (exact) mass is 445 g/mol. The Kier molecular flexibility index (Phi) is 7.33. The van der Waals surface area contributed by atoms with Gasteiger partial charge in [0.15, 0.2) is 0 Å². The maximum Gasteiger partial charge on any atom is 0.311 e. The lowest BCUT2D eigenvalue weighted by Gasteiger charge is -2.19. The van der Waals surface area contributed by atoms with E-state index in [1.165, 1.54) is 11.1 Å². The molecule has 33 heavy (non-hydrogen) atoms. The summed E-state index contributed by atoms with van der Waals surface area (Å²) >= 11 is 0. The summed E-state index contributed by atoms with van der Waals surface area (Å²) < 4.78 is 0. The van der Waals surface area contributed by atoms with Gasteiger partial charge in [-0.15, -0.1) is 0 Å². The van der Waals surface area contributed by atoms with Crippen molar-refractivity contribution in [1.82, 2.24) is 9.97 Å². The number of aryl methyl sites for hydroxylation is 3. The van der Waals surface area contributed by atoms with Crippen LogP contribution >= 0.6 is 0 Å². The maximum absolute atomic E-state index is 12.4. The largest absolute Gasteiger partial charge is 0.481 e. The lowest BCUT2D eigenvalue weighted by Crippen LogP contribution is -2.15. The first-order valence-corrected chi connectivity index (χ1v) is 11.8. The van der Waals surface area contributed by atoms with E-state index in [0.717, 1.165) is 61.1 Å². The minimum absolute atomic E-state index is 0.117. The highest BCUT2D eigenvalue weighted by Gasteiger charge is 2.22. The van der Waals surface area contributed by atoms with Gasteiger partial charge in [0.1, 0.15) is 11.6 Å². The van der Waals surface area contributed by atoms with E-state index in [9.17, 15) is 14.7 Å². The SMILES string of the molecule is Cc1cc2c(nc1CCCCC(=O)CC[C@H](C(=O)O)c1cnc3ccccc3c1)NCCC2. The standard InChI is InChI=1S/C27H31N3O3/c1-18-15-20-8-6-14-28-26(20)30-24(18)10-5-3-9-22(31)12-13-23(27(32)33)21-16-19-7-2-4-11-25(19)29-17-21/h2,4,7,11,15-17,23H,3,5-6,8-10,12-14H2,1H3,(H,28,30)(H,32,33)/t23-/m0/s1. The summed E-state index contributed by atoms with van der Waals surface area (Å²) in [5.74, 6) is -0.504. The van der Waals surface area contributed by atoms with Crippen molar-refractivity contribution in [3.8, 4) is 0 Å². The average molecular weight is 446 g/mol. The van der Waals surface area contributed by atoms with E-state index in [4.69, 9.17) is 4.98 Å². The smallest absolute Gasteiger partial charge is 0.311 e. The molecule has 4 rings (SSSR count). The topological polar surface area (TPSA) is 92.2 Å². The van der Waals surface area contributed by atoms with Gasteiger partial charge in [0.25, 0.3) is 0 Å². The number of para-hydroxylation sites is 1. The molecule has 6 heteroatoms. The number of aromatic nitrogens is 2. The quantitative estimate of drug-likeness (QED) is 0.415. The Hall–Kier alpha value is -3.28. The first kappa shape index (κ1) is 22.9. The second-order valence-corrected chi connectivity index (χ2v) is 8.93. The van der Waals surface area contributed by atoms with Crippen LogP contribution in [0.1, 0.15) is 66.8 Å². The number of aliphatic carboxylic acids is 1. The Morgan fingerprint density at radius 1 is 1.15 bits per heavy atom. The number of nitrogens with zero attached hydrogens (tertiary/aromatic N) is 2. The van der Waals surface area contributed by atoms with E-state index in [1.54, 1.807) is 6.20 Å². The van der Waals surface area contributed by atoms with Gasteiger partial charge in [0.05, 0.1) is 11.4 Å². The summed E-state index contributed by atoms with van der Waals surface area (Å²) in [5, 5.41) is 14.0. The van der Waals surface area contributed by atoms with Gasteiger partial charge in [-0.1, -0.05) is 24.3 Å². The molecule has 0 radical (unpaired) electrons. The Labute approximate surface area is 194 Å². The average Bonchev–Trinajstić information content (AvgIpc) is 2.82. The third kappa shape index (κ3) is 5.75. The number of carboxylic acids is 1. The van der Waals surface area contributed by atoms with Gasteiger partial charge in [-0.25, -0.2) is 4.98 Å². The molecule has 0 unspecified atom stereocenters. The van der Waals surface area contributed by atoms with Crippen LogP contribution in [-0.4, -0.2) is 33.4 Å². The molecule has 0 aliphatic carbocycles. The zero-order chi connectivity index (χ0) is 23.2. The van der Waals surface area contributed by atoms with E-state index in [1.807, 2.05) is 30.3 Å². The van der Waals surface area contributed by atoms with Gasteiger partial charge in [0.2, 0.25) is 0 Å². The third-order valence-electron chi connectivity index (χ3n) is 6.46. The van der Waals surface area contributed by atoms with Gasteiger partial charge < -0.3 is 10.4 Å². The number of carbonyl (C=O) groups excluding carboxylic acids is 1. The van der Waals surface area contributed by atoms with Gasteiger partial charge in [-0.2, -0.15) is 0 Å². The van der Waals surface area contributed by atoms with E-state index >= 15 is 0 Å². The number of fused-ring (bicyclic) bond motifs is 2. The van der Waals surface area contributed by atoms with E-state index in [-0.39, 0.29) is 12.2 Å². The summed E-state index contributed by atoms with van der Waals surface area (Å²) in [6.07, 6.45) is 7.44. The van der Waals surface area contributed by atoms with Crippen molar-refractivity contribution < 1.29 is 14.7 Å². The maximum atomic E-state index is 12.4. The van der Waals surface area contributed by atoms with Crippen LogP contribution in [0, 0.1) is 6.92 Å². The number of pyridine rings is 2. The molecule has 2 N–H and O–H groups in total. The molecular formula is C27H31N3O3. The van der Waals surface area contributed by atoms with E-state index < -0.39 is 11.9 Å². The number of benzene rings is 1. The Balaban J connectivity index is 1.26. The molecule has 1 aliphatic heterocycles. The lowest BCUT2D eigenvalue weighted by molar-refractivity contribution is -0.139. The molecule has 0 bridgehead atoms. The number of Topliss-reactive ketones (excluding diaryl/α,β-unsaturated/α-hetero) is 1. The van der Waals surface area contributed by atoms with E-state index in [0.29, 0.717) is 18.4 Å². The number of carbonyl (C=O) groups is 2. The van der Waals surface area contributed by atoms with Gasteiger partial charge in [0, 0.05) is 36.7 Å². The van der Waals surface area contributed by atoms with Crippen molar-refractivity contribution >= 4 is 28.5 Å². The fourth-order valence-electron chi connectivity index (χ4n) is 4.55. The molecule has 0 saturated heterocycles. The zero-order valence-electron chi connectivity index (χ0n) is 19.1. The minimum atomic E-state index is -0.914. The molecule has 3 heterocycles. The molecule has 1 aromatic carbocycles. The number of hydrogen-bond acceptors (Lipinski definition) is 5. The predicted octanol–water partition coefficient (Wildman–Crippen LogP) is 5.23. The summed E-state index contributed by atoms with van der Waals surface area (Å²) in [5.41, 5.74) is 5.10. The Morgan fingerprint density at radius 3 is 2.85 bits per heavy atom. The molecule has 1 aliphatic rings. The second-order valence-electron chi connectivity index (χ2n) is 8.93.